The number of benzene rings is 1. The number of ether oxygens (including phenoxy) is 3. The first-order valence-electron chi connectivity index (χ1n) is 10.9. The monoisotopic (exact) mass is 473 g/mol. The molecule has 4 rings (SSSR count). The molecule has 0 saturated carbocycles. The van der Waals surface area contributed by atoms with E-state index in [4.69, 9.17) is 14.2 Å². The maximum atomic E-state index is 11.8. The van der Waals surface area contributed by atoms with Gasteiger partial charge in [0.1, 0.15) is 24.6 Å². The molecule has 3 aromatic rings. The van der Waals surface area contributed by atoms with Crippen molar-refractivity contribution in [1.82, 2.24) is 19.5 Å². The van der Waals surface area contributed by atoms with Crippen molar-refractivity contribution >= 4 is 23.0 Å². The molecular formula is C22H27N5O7. The molecule has 4 N–H and O–H groups in total. The quantitative estimate of drug-likeness (QED) is 0.256. The van der Waals surface area contributed by atoms with Crippen LogP contribution in [0.15, 0.2) is 30.9 Å². The van der Waals surface area contributed by atoms with E-state index in [1.165, 1.54) is 24.3 Å². The first kappa shape index (κ1) is 23.8. The number of aliphatic hydroxyl groups excluding tert-OH is 3. The van der Waals surface area contributed by atoms with Crippen molar-refractivity contribution in [2.75, 3.05) is 19.0 Å². The summed E-state index contributed by atoms with van der Waals surface area (Å²) < 4.78 is 17.8. The number of rotatable bonds is 9. The van der Waals surface area contributed by atoms with E-state index in [9.17, 15) is 20.1 Å². The normalized spacial score (nSPS) is 22.1. The molecule has 1 aromatic carbocycles. The van der Waals surface area contributed by atoms with Crippen LogP contribution in [0.25, 0.3) is 11.2 Å². The number of aliphatic hydroxyl groups is 3. The summed E-state index contributed by atoms with van der Waals surface area (Å²) in [6.07, 6.45) is -0.534. The van der Waals surface area contributed by atoms with Crippen LogP contribution in [0.3, 0.4) is 0 Å². The van der Waals surface area contributed by atoms with Crippen LogP contribution in [0.5, 0.6) is 11.5 Å². The van der Waals surface area contributed by atoms with Gasteiger partial charge in [0.05, 0.1) is 20.0 Å². The number of carbonyl (C=O) groups is 1. The van der Waals surface area contributed by atoms with Gasteiger partial charge in [-0.2, -0.15) is 0 Å². The van der Waals surface area contributed by atoms with Gasteiger partial charge in [-0.1, -0.05) is 13.0 Å². The van der Waals surface area contributed by atoms with E-state index in [2.05, 4.69) is 20.3 Å². The number of anilines is 1. The van der Waals surface area contributed by atoms with Gasteiger partial charge in [0, 0.05) is 13.0 Å². The summed E-state index contributed by atoms with van der Waals surface area (Å²) in [5, 5.41) is 32.9. The number of aromatic nitrogens is 4. The van der Waals surface area contributed by atoms with E-state index in [0.717, 1.165) is 5.56 Å². The van der Waals surface area contributed by atoms with E-state index >= 15 is 0 Å². The van der Waals surface area contributed by atoms with E-state index in [1.807, 2.05) is 6.92 Å². The second-order valence-corrected chi connectivity index (χ2v) is 7.84. The second-order valence-electron chi connectivity index (χ2n) is 7.84. The SMILES string of the molecule is CCCC(=O)Oc1ccc(CNc2ncnc3c2ncn3[C@@H]2O[C@H](CO)[C@H](O)C2O)cc1OC. The summed E-state index contributed by atoms with van der Waals surface area (Å²) in [5.41, 5.74) is 1.68. The summed E-state index contributed by atoms with van der Waals surface area (Å²) in [6.45, 7) is 1.84. The van der Waals surface area contributed by atoms with Crippen LogP contribution >= 0.6 is 0 Å². The first-order chi connectivity index (χ1) is 16.5. The van der Waals surface area contributed by atoms with Gasteiger partial charge in [0.2, 0.25) is 0 Å². The Morgan fingerprint density at radius 2 is 2.03 bits per heavy atom. The molecule has 2 aromatic heterocycles. The lowest BCUT2D eigenvalue weighted by Gasteiger charge is -2.16. The van der Waals surface area contributed by atoms with Crippen LogP contribution in [0.4, 0.5) is 5.82 Å². The molecule has 1 aliphatic rings. The molecule has 1 unspecified atom stereocenters. The zero-order valence-corrected chi connectivity index (χ0v) is 18.8. The molecule has 12 heteroatoms. The van der Waals surface area contributed by atoms with E-state index in [-0.39, 0.29) is 5.97 Å². The molecule has 0 amide bonds. The standard InChI is InChI=1S/C22H27N5O7/c1-3-4-16(29)33-13-6-5-12(7-14(13)32-2)8-23-20-17-21(25-10-24-20)27(11-26-17)22-19(31)18(30)15(9-28)34-22/h5-7,10-11,15,18-19,22,28,30-31H,3-4,8-9H2,1-2H3,(H,23,24,25)/t15-,18+,19?,22-/m1/s1. The fourth-order valence-electron chi connectivity index (χ4n) is 3.75. The molecule has 1 saturated heterocycles. The average Bonchev–Trinajstić information content (AvgIpc) is 3.39. The third-order valence-electron chi connectivity index (χ3n) is 5.52. The summed E-state index contributed by atoms with van der Waals surface area (Å²) in [6, 6.07) is 5.24. The van der Waals surface area contributed by atoms with Crippen molar-refractivity contribution in [2.45, 2.75) is 50.8 Å². The lowest BCUT2D eigenvalue weighted by atomic mass is 10.1. The molecule has 3 heterocycles. The fourth-order valence-corrected chi connectivity index (χ4v) is 3.75. The molecule has 0 aliphatic carbocycles. The minimum atomic E-state index is -1.25. The Hall–Kier alpha value is -3.32. The minimum Gasteiger partial charge on any atom is -0.493 e. The number of methoxy groups -OCH3 is 1. The van der Waals surface area contributed by atoms with Gasteiger partial charge in [0.25, 0.3) is 0 Å². The lowest BCUT2D eigenvalue weighted by Crippen LogP contribution is -2.33. The lowest BCUT2D eigenvalue weighted by molar-refractivity contribution is -0.134. The largest absolute Gasteiger partial charge is 0.493 e. The molecule has 0 bridgehead atoms. The van der Waals surface area contributed by atoms with E-state index in [1.54, 1.807) is 18.2 Å². The van der Waals surface area contributed by atoms with Crippen molar-refractivity contribution in [3.05, 3.63) is 36.4 Å². The fraction of sp³-hybridized carbons (Fsp3) is 0.455. The van der Waals surface area contributed by atoms with Gasteiger partial charge in [-0.25, -0.2) is 15.0 Å². The van der Waals surface area contributed by atoms with Gasteiger partial charge in [-0.15, -0.1) is 0 Å². The first-order valence-corrected chi connectivity index (χ1v) is 10.9. The Bertz CT molecular complexity index is 1150. The molecule has 1 fully saturated rings. The number of hydrogen-bond donors (Lipinski definition) is 4. The van der Waals surface area contributed by atoms with Crippen LogP contribution < -0.4 is 14.8 Å². The Balaban J connectivity index is 1.51. The van der Waals surface area contributed by atoms with Crippen LogP contribution in [0.2, 0.25) is 0 Å². The number of fused-ring (bicyclic) bond motifs is 1. The Labute approximate surface area is 195 Å². The zero-order chi connectivity index (χ0) is 24.2. The van der Waals surface area contributed by atoms with Crippen molar-refractivity contribution in [3.8, 4) is 11.5 Å². The predicted octanol–water partition coefficient (Wildman–Crippen LogP) is 0.764. The molecule has 34 heavy (non-hydrogen) atoms. The summed E-state index contributed by atoms with van der Waals surface area (Å²) in [5.74, 6) is 0.921. The number of esters is 1. The highest BCUT2D eigenvalue weighted by Gasteiger charge is 2.44. The number of carbonyl (C=O) groups excluding carboxylic acids is 1. The highest BCUT2D eigenvalue weighted by Crippen LogP contribution is 2.32. The highest BCUT2D eigenvalue weighted by atomic mass is 16.6. The summed E-state index contributed by atoms with van der Waals surface area (Å²) in [4.78, 5) is 24.6. The molecule has 0 radical (unpaired) electrons. The molecule has 1 aliphatic heterocycles. The van der Waals surface area contributed by atoms with Crippen LogP contribution in [-0.4, -0.2) is 72.8 Å². The van der Waals surface area contributed by atoms with E-state index < -0.39 is 31.1 Å². The smallest absolute Gasteiger partial charge is 0.311 e. The minimum absolute atomic E-state index is 0.320. The third-order valence-corrected chi connectivity index (χ3v) is 5.52. The van der Waals surface area contributed by atoms with Crippen LogP contribution in [0.1, 0.15) is 31.6 Å². The Kier molecular flexibility index (Phi) is 7.22. The number of hydrogen-bond acceptors (Lipinski definition) is 11. The summed E-state index contributed by atoms with van der Waals surface area (Å²) >= 11 is 0. The number of nitrogens with one attached hydrogen (secondary N) is 1. The maximum absolute atomic E-state index is 11.8. The van der Waals surface area contributed by atoms with Crippen molar-refractivity contribution in [1.29, 1.82) is 0 Å². The Morgan fingerprint density at radius 3 is 2.74 bits per heavy atom. The number of nitrogens with zero attached hydrogens (tertiary/aromatic N) is 4. The van der Waals surface area contributed by atoms with Crippen molar-refractivity contribution in [2.24, 2.45) is 0 Å². The molecule has 0 spiro atoms. The van der Waals surface area contributed by atoms with Crippen LogP contribution in [-0.2, 0) is 16.1 Å². The molecular weight excluding hydrogens is 446 g/mol. The van der Waals surface area contributed by atoms with Gasteiger partial charge in [-0.3, -0.25) is 9.36 Å². The number of imidazole rings is 1. The van der Waals surface area contributed by atoms with Gasteiger partial charge in [0.15, 0.2) is 34.7 Å². The predicted molar refractivity (Wildman–Crippen MR) is 119 cm³/mol. The zero-order valence-electron chi connectivity index (χ0n) is 18.8. The van der Waals surface area contributed by atoms with Gasteiger partial charge >= 0.3 is 5.97 Å². The second kappa shape index (κ2) is 10.3. The van der Waals surface area contributed by atoms with Crippen LogP contribution in [0, 0.1) is 0 Å². The summed E-state index contributed by atoms with van der Waals surface area (Å²) in [7, 11) is 1.50. The maximum Gasteiger partial charge on any atom is 0.311 e. The van der Waals surface area contributed by atoms with E-state index in [0.29, 0.717) is 47.9 Å². The third kappa shape index (κ3) is 4.66. The van der Waals surface area contributed by atoms with Crippen molar-refractivity contribution in [3.63, 3.8) is 0 Å². The molecule has 4 atom stereocenters. The van der Waals surface area contributed by atoms with Crippen molar-refractivity contribution < 1.29 is 34.3 Å². The molecule has 182 valence electrons. The molecule has 12 nitrogen and oxygen atoms in total. The van der Waals surface area contributed by atoms with Gasteiger partial charge in [-0.05, 0) is 24.1 Å². The highest BCUT2D eigenvalue weighted by molar-refractivity contribution is 5.82. The average molecular weight is 473 g/mol. The topological polar surface area (TPSA) is 161 Å². The Morgan fingerprint density at radius 1 is 1.21 bits per heavy atom. The van der Waals surface area contributed by atoms with Gasteiger partial charge < -0.3 is 34.8 Å².